The van der Waals surface area contributed by atoms with E-state index in [9.17, 15) is 0 Å². The predicted molar refractivity (Wildman–Crippen MR) is 77.9 cm³/mol. The number of rotatable bonds is 2. The van der Waals surface area contributed by atoms with Gasteiger partial charge in [-0.15, -0.1) is 0 Å². The van der Waals surface area contributed by atoms with Gasteiger partial charge in [0.15, 0.2) is 0 Å². The first-order valence-electron chi connectivity index (χ1n) is 6.53. The van der Waals surface area contributed by atoms with Gasteiger partial charge in [0.1, 0.15) is 0 Å². The second kappa shape index (κ2) is 4.02. The number of benzene rings is 2. The van der Waals surface area contributed by atoms with Crippen molar-refractivity contribution in [3.63, 3.8) is 0 Å². The fraction of sp³-hybridized carbons (Fsp3) is 0.250. The predicted octanol–water partition coefficient (Wildman–Crippen LogP) is 3.27. The molecule has 1 aliphatic heterocycles. The molecule has 2 aromatic carbocycles. The van der Waals surface area contributed by atoms with Crippen molar-refractivity contribution >= 4 is 22.1 Å². The Bertz CT molecular complexity index is 505. The van der Waals surface area contributed by atoms with E-state index < -0.39 is 13.3 Å². The number of hydrogen-bond donors (Lipinski definition) is 0. The third-order valence-electron chi connectivity index (χ3n) is 4.38. The van der Waals surface area contributed by atoms with Crippen LogP contribution in [-0.4, -0.2) is 13.3 Å². The van der Waals surface area contributed by atoms with E-state index in [4.69, 9.17) is 0 Å². The molecular formula is C16H18Ge. The van der Waals surface area contributed by atoms with Crippen LogP contribution in [0.5, 0.6) is 0 Å². The van der Waals surface area contributed by atoms with Gasteiger partial charge in [0.25, 0.3) is 0 Å². The van der Waals surface area contributed by atoms with Crippen LogP contribution in [0.1, 0.15) is 13.8 Å². The normalized spacial score (nSPS) is 15.4. The van der Waals surface area contributed by atoms with Crippen LogP contribution >= 0.6 is 0 Å². The first-order chi connectivity index (χ1) is 8.33. The monoisotopic (exact) mass is 284 g/mol. The van der Waals surface area contributed by atoms with Gasteiger partial charge in [0.2, 0.25) is 0 Å². The molecule has 0 nitrogen and oxygen atoms in total. The zero-order valence-electron chi connectivity index (χ0n) is 10.5. The maximum atomic E-state index is 2.39. The summed E-state index contributed by atoms with van der Waals surface area (Å²) in [4.78, 5) is 0. The van der Waals surface area contributed by atoms with E-state index in [0.717, 1.165) is 0 Å². The first-order valence-corrected chi connectivity index (χ1v) is 11.6. The fourth-order valence-electron chi connectivity index (χ4n) is 3.43. The number of fused-ring (bicyclic) bond motifs is 3. The van der Waals surface area contributed by atoms with E-state index in [1.807, 2.05) is 0 Å². The molecule has 1 heteroatoms. The summed E-state index contributed by atoms with van der Waals surface area (Å²) in [5.41, 5.74) is 3.04. The van der Waals surface area contributed by atoms with E-state index in [1.54, 1.807) is 8.79 Å². The number of hydrogen-bond acceptors (Lipinski definition) is 0. The molecule has 0 spiro atoms. The van der Waals surface area contributed by atoms with Crippen LogP contribution in [0, 0.1) is 0 Å². The van der Waals surface area contributed by atoms with Crippen LogP contribution in [0.3, 0.4) is 0 Å². The van der Waals surface area contributed by atoms with E-state index in [0.29, 0.717) is 0 Å². The molecule has 1 aliphatic rings. The van der Waals surface area contributed by atoms with Gasteiger partial charge in [-0.25, -0.2) is 0 Å². The van der Waals surface area contributed by atoms with Crippen LogP contribution < -0.4 is 8.79 Å². The molecule has 0 radical (unpaired) electrons. The van der Waals surface area contributed by atoms with Gasteiger partial charge in [-0.05, 0) is 0 Å². The zero-order valence-corrected chi connectivity index (χ0v) is 12.6. The van der Waals surface area contributed by atoms with Crippen molar-refractivity contribution in [1.29, 1.82) is 0 Å². The molecule has 17 heavy (non-hydrogen) atoms. The van der Waals surface area contributed by atoms with Crippen LogP contribution in [0.15, 0.2) is 48.5 Å². The Morgan fingerprint density at radius 2 is 1.12 bits per heavy atom. The molecule has 0 atom stereocenters. The molecule has 0 fully saturated rings. The topological polar surface area (TPSA) is 0 Å². The van der Waals surface area contributed by atoms with Gasteiger partial charge in [-0.1, -0.05) is 0 Å². The minimum absolute atomic E-state index is 1.37. The molecule has 0 saturated carbocycles. The molecule has 2 aromatic rings. The molecule has 0 unspecified atom stereocenters. The van der Waals surface area contributed by atoms with Gasteiger partial charge in [-0.3, -0.25) is 0 Å². The van der Waals surface area contributed by atoms with Crippen LogP contribution in [0.4, 0.5) is 0 Å². The summed E-state index contributed by atoms with van der Waals surface area (Å²) in [5, 5.41) is 2.73. The van der Waals surface area contributed by atoms with Crippen molar-refractivity contribution < 1.29 is 0 Å². The van der Waals surface area contributed by atoms with E-state index in [2.05, 4.69) is 62.4 Å². The quantitative estimate of drug-likeness (QED) is 0.742. The van der Waals surface area contributed by atoms with Crippen molar-refractivity contribution in [3.8, 4) is 11.1 Å². The Kier molecular flexibility index (Phi) is 2.63. The van der Waals surface area contributed by atoms with Crippen molar-refractivity contribution in [3.05, 3.63) is 48.5 Å². The zero-order chi connectivity index (χ0) is 11.9. The van der Waals surface area contributed by atoms with Crippen LogP contribution in [0.25, 0.3) is 11.1 Å². The Morgan fingerprint density at radius 3 is 1.53 bits per heavy atom. The molecule has 3 rings (SSSR count). The summed E-state index contributed by atoms with van der Waals surface area (Å²) < 4.78 is 3.41. The van der Waals surface area contributed by atoms with E-state index in [1.165, 1.54) is 21.6 Å². The summed E-state index contributed by atoms with van der Waals surface area (Å²) >= 11 is -2.00. The molecule has 0 bridgehead atoms. The average Bonchev–Trinajstić information content (AvgIpc) is 2.70. The van der Waals surface area contributed by atoms with Gasteiger partial charge < -0.3 is 0 Å². The minimum atomic E-state index is -2.00. The summed E-state index contributed by atoms with van der Waals surface area (Å²) in [7, 11) is 0. The Balaban J connectivity index is 2.38. The van der Waals surface area contributed by atoms with Gasteiger partial charge >= 0.3 is 106 Å². The average molecular weight is 283 g/mol. The Morgan fingerprint density at radius 1 is 0.706 bits per heavy atom. The molecule has 1 heterocycles. The van der Waals surface area contributed by atoms with Crippen LogP contribution in [0.2, 0.25) is 10.5 Å². The summed E-state index contributed by atoms with van der Waals surface area (Å²) in [6.07, 6.45) is 0. The fourth-order valence-corrected chi connectivity index (χ4v) is 13.1. The molecule has 0 saturated heterocycles. The summed E-state index contributed by atoms with van der Waals surface area (Å²) in [6.45, 7) is 4.78. The van der Waals surface area contributed by atoms with Crippen molar-refractivity contribution in [2.75, 3.05) is 0 Å². The molecule has 86 valence electrons. The standard InChI is InChI=1S/C16H18Ge/c1-3-17(4-2)15-11-7-5-9-13(15)14-10-6-8-12-16(14)17/h5-12H,3-4H2,1-2H3. The van der Waals surface area contributed by atoms with Gasteiger partial charge in [0.05, 0.1) is 0 Å². The van der Waals surface area contributed by atoms with Crippen molar-refractivity contribution in [2.45, 2.75) is 24.4 Å². The second-order valence-electron chi connectivity index (χ2n) is 4.88. The van der Waals surface area contributed by atoms with E-state index >= 15 is 0 Å². The molecule has 0 amide bonds. The third-order valence-corrected chi connectivity index (χ3v) is 15.6. The van der Waals surface area contributed by atoms with Gasteiger partial charge in [0, 0.05) is 0 Å². The van der Waals surface area contributed by atoms with Gasteiger partial charge in [-0.2, -0.15) is 0 Å². The molecular weight excluding hydrogens is 265 g/mol. The summed E-state index contributed by atoms with van der Waals surface area (Å²) in [5.74, 6) is 0. The molecule has 0 aromatic heterocycles. The van der Waals surface area contributed by atoms with Crippen molar-refractivity contribution in [1.82, 2.24) is 0 Å². The molecule has 0 aliphatic carbocycles. The third kappa shape index (κ3) is 1.37. The summed E-state index contributed by atoms with van der Waals surface area (Å²) in [6, 6.07) is 18.2. The Labute approximate surface area is 106 Å². The first kappa shape index (κ1) is 11.1. The van der Waals surface area contributed by atoms with Crippen LogP contribution in [-0.2, 0) is 0 Å². The SMILES string of the molecule is C[CH2][Ge]1([CH2]C)[c]2ccccc2-c2cccc[c]21. The molecule has 0 N–H and O–H groups in total. The van der Waals surface area contributed by atoms with E-state index in [-0.39, 0.29) is 0 Å². The van der Waals surface area contributed by atoms with Crippen molar-refractivity contribution in [2.24, 2.45) is 0 Å². The maximum absolute atomic E-state index is 2.39. The second-order valence-corrected chi connectivity index (χ2v) is 14.6. The Hall–Kier alpha value is -1.02.